The van der Waals surface area contributed by atoms with E-state index in [1.807, 2.05) is 4.90 Å². The molecule has 1 amide bonds. The molecular formula is C18H22FN3O. The van der Waals surface area contributed by atoms with Crippen LogP contribution < -0.4 is 11.1 Å². The molecule has 4 fully saturated rings. The summed E-state index contributed by atoms with van der Waals surface area (Å²) in [6.45, 7) is 1.49. The van der Waals surface area contributed by atoms with Crippen LogP contribution in [-0.4, -0.2) is 28.4 Å². The summed E-state index contributed by atoms with van der Waals surface area (Å²) in [5, 5.41) is 3.57. The third kappa shape index (κ3) is 1.86. The first-order valence-electron chi connectivity index (χ1n) is 8.56. The first kappa shape index (κ1) is 13.9. The molecule has 4 nitrogen and oxygen atoms in total. The molecule has 5 heteroatoms. The number of nitrogens with two attached hydrogens (primary N) is 1. The van der Waals surface area contributed by atoms with Gasteiger partial charge in [0.05, 0.1) is 6.54 Å². The fourth-order valence-electron chi connectivity index (χ4n) is 5.80. The third-order valence-corrected chi connectivity index (χ3v) is 6.88. The number of nitrogens with zero attached hydrogens (tertiary/aromatic N) is 1. The minimum atomic E-state index is -0.231. The zero-order valence-electron chi connectivity index (χ0n) is 13.1. The Labute approximate surface area is 135 Å². The smallest absolute Gasteiger partial charge is 0.237 e. The van der Waals surface area contributed by atoms with Gasteiger partial charge in [0.2, 0.25) is 5.91 Å². The van der Waals surface area contributed by atoms with Crippen molar-refractivity contribution in [2.75, 3.05) is 6.54 Å². The Morgan fingerprint density at radius 2 is 2.13 bits per heavy atom. The fraction of sp³-hybridized carbons (Fsp3) is 0.611. The highest BCUT2D eigenvalue weighted by Crippen LogP contribution is 2.66. The fourth-order valence-corrected chi connectivity index (χ4v) is 5.80. The number of hydrogen-bond acceptors (Lipinski definition) is 3. The molecule has 4 aliphatic carbocycles. The van der Waals surface area contributed by atoms with Crippen molar-refractivity contribution in [3.63, 3.8) is 0 Å². The van der Waals surface area contributed by atoms with E-state index in [1.165, 1.54) is 12.5 Å². The minimum absolute atomic E-state index is 0.0299. The Morgan fingerprint density at radius 1 is 1.30 bits per heavy atom. The molecule has 0 radical (unpaired) electrons. The summed E-state index contributed by atoms with van der Waals surface area (Å²) in [6.07, 6.45) is 4.50. The topological polar surface area (TPSA) is 58.4 Å². The summed E-state index contributed by atoms with van der Waals surface area (Å²) in [5.41, 5.74) is 8.62. The molecule has 122 valence electrons. The molecule has 5 aliphatic rings. The highest BCUT2D eigenvalue weighted by Gasteiger charge is 2.68. The van der Waals surface area contributed by atoms with E-state index < -0.39 is 0 Å². The van der Waals surface area contributed by atoms with Gasteiger partial charge in [0, 0.05) is 24.2 Å². The monoisotopic (exact) mass is 315 g/mol. The van der Waals surface area contributed by atoms with Crippen molar-refractivity contribution in [2.24, 2.45) is 17.6 Å². The van der Waals surface area contributed by atoms with E-state index in [2.05, 4.69) is 5.32 Å². The number of rotatable bonds is 3. The van der Waals surface area contributed by atoms with E-state index in [9.17, 15) is 9.18 Å². The second-order valence-corrected chi connectivity index (χ2v) is 8.12. The lowest BCUT2D eigenvalue weighted by molar-refractivity contribution is -0.131. The zero-order valence-corrected chi connectivity index (χ0v) is 13.1. The van der Waals surface area contributed by atoms with Gasteiger partial charge in [-0.15, -0.1) is 0 Å². The van der Waals surface area contributed by atoms with Gasteiger partial charge >= 0.3 is 0 Å². The number of amides is 1. The summed E-state index contributed by atoms with van der Waals surface area (Å²) in [6, 6.07) is 4.80. The Morgan fingerprint density at radius 3 is 2.78 bits per heavy atom. The first-order valence-corrected chi connectivity index (χ1v) is 8.56. The second kappa shape index (κ2) is 4.33. The molecule has 23 heavy (non-hydrogen) atoms. The van der Waals surface area contributed by atoms with E-state index in [4.69, 9.17) is 5.73 Å². The van der Waals surface area contributed by atoms with Crippen LogP contribution in [0.5, 0.6) is 0 Å². The lowest BCUT2D eigenvalue weighted by Crippen LogP contribution is -2.49. The molecular weight excluding hydrogens is 293 g/mol. The molecule has 3 N–H and O–H groups in total. The Hall–Kier alpha value is -1.46. The molecule has 0 aromatic heterocycles. The quantitative estimate of drug-likeness (QED) is 0.889. The van der Waals surface area contributed by atoms with Gasteiger partial charge in [-0.05, 0) is 60.8 Å². The van der Waals surface area contributed by atoms with Gasteiger partial charge in [0.1, 0.15) is 5.82 Å². The maximum absolute atomic E-state index is 13.3. The average molecular weight is 315 g/mol. The number of benzene rings is 1. The second-order valence-electron chi connectivity index (χ2n) is 8.12. The number of carbonyl (C=O) groups excluding carboxylic acids is 1. The van der Waals surface area contributed by atoms with Gasteiger partial charge in [-0.25, -0.2) is 4.39 Å². The minimum Gasteiger partial charge on any atom is -0.333 e. The van der Waals surface area contributed by atoms with Crippen molar-refractivity contribution in [3.05, 3.63) is 35.1 Å². The van der Waals surface area contributed by atoms with Crippen molar-refractivity contribution >= 4 is 5.91 Å². The number of carbonyl (C=O) groups is 1. The predicted molar refractivity (Wildman–Crippen MR) is 83.8 cm³/mol. The molecule has 0 spiro atoms. The summed E-state index contributed by atoms with van der Waals surface area (Å²) in [4.78, 5) is 14.4. The maximum atomic E-state index is 13.3. The Kier molecular flexibility index (Phi) is 2.63. The van der Waals surface area contributed by atoms with Crippen molar-refractivity contribution < 1.29 is 9.18 Å². The maximum Gasteiger partial charge on any atom is 0.237 e. The summed E-state index contributed by atoms with van der Waals surface area (Å²) >= 11 is 0. The molecule has 4 saturated carbocycles. The predicted octanol–water partition coefficient (Wildman–Crippen LogP) is 1.53. The zero-order chi connectivity index (χ0) is 15.8. The average Bonchev–Trinajstić information content (AvgIpc) is 3.23. The normalized spacial score (nSPS) is 39.5. The van der Waals surface area contributed by atoms with Crippen molar-refractivity contribution in [3.8, 4) is 0 Å². The third-order valence-electron chi connectivity index (χ3n) is 6.88. The van der Waals surface area contributed by atoms with E-state index in [0.29, 0.717) is 31.5 Å². The van der Waals surface area contributed by atoms with E-state index >= 15 is 0 Å². The molecule has 4 unspecified atom stereocenters. The van der Waals surface area contributed by atoms with E-state index in [-0.39, 0.29) is 22.8 Å². The van der Waals surface area contributed by atoms with Crippen LogP contribution in [0.25, 0.3) is 0 Å². The highest BCUT2D eigenvalue weighted by atomic mass is 19.1. The summed E-state index contributed by atoms with van der Waals surface area (Å²) in [5.74, 6) is 1.17. The van der Waals surface area contributed by atoms with Gasteiger partial charge in [0.25, 0.3) is 0 Å². The van der Waals surface area contributed by atoms with Crippen LogP contribution in [0, 0.1) is 17.7 Å². The lowest BCUT2D eigenvalue weighted by Gasteiger charge is -2.31. The van der Waals surface area contributed by atoms with Gasteiger partial charge in [-0.3, -0.25) is 4.79 Å². The standard InChI is InChI=1S/C18H22FN3O/c19-15-2-1-11-8-22(9-12(11)3-15)16(23)7-21-18-6-13-4-14(18)5-17(13,20)10-18/h1-3,13-14,21H,4-10,20H2. The Bertz CT molecular complexity index is 708. The van der Waals surface area contributed by atoms with Crippen LogP contribution in [-0.2, 0) is 17.9 Å². The molecule has 1 aromatic carbocycles. The van der Waals surface area contributed by atoms with Crippen molar-refractivity contribution in [1.82, 2.24) is 10.2 Å². The number of nitrogens with one attached hydrogen (secondary N) is 1. The van der Waals surface area contributed by atoms with Crippen molar-refractivity contribution in [1.29, 1.82) is 0 Å². The molecule has 6 rings (SSSR count). The van der Waals surface area contributed by atoms with E-state index in [1.54, 1.807) is 12.1 Å². The van der Waals surface area contributed by atoms with Crippen LogP contribution in [0.3, 0.4) is 0 Å². The lowest BCUT2D eigenvalue weighted by atomic mass is 9.90. The van der Waals surface area contributed by atoms with Gasteiger partial charge in [-0.2, -0.15) is 0 Å². The van der Waals surface area contributed by atoms with Gasteiger partial charge < -0.3 is 16.0 Å². The molecule has 4 atom stereocenters. The van der Waals surface area contributed by atoms with Crippen LogP contribution in [0.4, 0.5) is 4.39 Å². The SMILES string of the molecule is NC12CC3CC1CC3(NCC(=O)N1Cc3ccc(F)cc3C1)C2. The molecule has 0 saturated heterocycles. The van der Waals surface area contributed by atoms with Gasteiger partial charge in [-0.1, -0.05) is 6.07 Å². The number of halogens is 1. The van der Waals surface area contributed by atoms with Crippen LogP contribution in [0.2, 0.25) is 0 Å². The molecule has 1 aromatic rings. The number of fused-ring (bicyclic) bond motifs is 1. The Balaban J connectivity index is 1.24. The van der Waals surface area contributed by atoms with E-state index in [0.717, 1.165) is 30.4 Å². The molecule has 1 aliphatic heterocycles. The van der Waals surface area contributed by atoms with Crippen LogP contribution in [0.1, 0.15) is 36.8 Å². The van der Waals surface area contributed by atoms with Gasteiger partial charge in [0.15, 0.2) is 0 Å². The summed E-state index contributed by atoms with van der Waals surface area (Å²) < 4.78 is 13.3. The highest BCUT2D eigenvalue weighted by molar-refractivity contribution is 5.79. The van der Waals surface area contributed by atoms with Crippen LogP contribution >= 0.6 is 0 Å². The summed E-state index contributed by atoms with van der Waals surface area (Å²) in [7, 11) is 0. The molecule has 4 bridgehead atoms. The molecule has 1 heterocycles. The van der Waals surface area contributed by atoms with Crippen LogP contribution in [0.15, 0.2) is 18.2 Å². The number of hydrogen-bond donors (Lipinski definition) is 2. The van der Waals surface area contributed by atoms with Crippen molar-refractivity contribution in [2.45, 2.75) is 49.9 Å². The first-order chi connectivity index (χ1) is 11.0. The largest absolute Gasteiger partial charge is 0.333 e.